The lowest BCUT2D eigenvalue weighted by Gasteiger charge is -2.36. The van der Waals surface area contributed by atoms with Crippen LogP contribution in [0, 0.1) is 0 Å². The average Bonchev–Trinajstić information content (AvgIpc) is 2.25. The summed E-state index contributed by atoms with van der Waals surface area (Å²) in [6.07, 6.45) is 5.82. The average molecular weight is 375 g/mol. The highest BCUT2D eigenvalue weighted by molar-refractivity contribution is 6.84. The van der Waals surface area contributed by atoms with Crippen molar-refractivity contribution < 1.29 is 12.3 Å². The minimum atomic E-state index is -2.16. The maximum absolute atomic E-state index is 6.41. The molecule has 7 heteroatoms. The van der Waals surface area contributed by atoms with E-state index in [-0.39, 0.29) is 0 Å². The first-order valence-electron chi connectivity index (χ1n) is 7.83. The third kappa shape index (κ3) is 9.88. The molecule has 0 amide bonds. The molecule has 0 N–H and O–H groups in total. The van der Waals surface area contributed by atoms with E-state index in [2.05, 4.69) is 59.0 Å². The second-order valence-corrected chi connectivity index (χ2v) is 22.6. The highest BCUT2D eigenvalue weighted by atomic mass is 28.5. The Morgan fingerprint density at radius 3 is 1.05 bits per heavy atom. The van der Waals surface area contributed by atoms with Crippen molar-refractivity contribution in [3.8, 4) is 0 Å². The van der Waals surface area contributed by atoms with Crippen LogP contribution >= 0.6 is 0 Å². The molecule has 0 radical (unpaired) electrons. The first-order valence-corrected chi connectivity index (χ1v) is 18.6. The molecule has 0 atom stereocenters. The fourth-order valence-electron chi connectivity index (χ4n) is 2.04. The molecule has 0 rings (SSSR count). The molecule has 0 spiro atoms. The Hall–Kier alpha value is -0.0325. The summed E-state index contributed by atoms with van der Waals surface area (Å²) in [6, 6.07) is 2.74. The SMILES string of the molecule is C=CC[Si](C)(C)O[SiH](O[Si](C)(C)CC=C)O[Si](C)(C)CC=C. The third-order valence-corrected chi connectivity index (χ3v) is 16.9. The lowest BCUT2D eigenvalue weighted by Crippen LogP contribution is -2.51. The Balaban J connectivity index is 5.09. The molecular weight excluding hydrogens is 341 g/mol. The summed E-state index contributed by atoms with van der Waals surface area (Å²) in [5.74, 6) is 0. The van der Waals surface area contributed by atoms with Crippen LogP contribution in [0.4, 0.5) is 0 Å². The Labute approximate surface area is 142 Å². The first-order chi connectivity index (χ1) is 9.97. The number of allylic oxidation sites excluding steroid dienone is 3. The van der Waals surface area contributed by atoms with E-state index in [1.165, 1.54) is 0 Å². The van der Waals surface area contributed by atoms with Gasteiger partial charge in [-0.1, -0.05) is 18.2 Å². The molecule has 0 bridgehead atoms. The molecule has 3 nitrogen and oxygen atoms in total. The van der Waals surface area contributed by atoms with Gasteiger partial charge in [-0.3, -0.25) is 0 Å². The van der Waals surface area contributed by atoms with Gasteiger partial charge >= 0.3 is 9.53 Å². The topological polar surface area (TPSA) is 27.7 Å². The maximum atomic E-state index is 6.41. The van der Waals surface area contributed by atoms with Crippen molar-refractivity contribution in [3.63, 3.8) is 0 Å². The van der Waals surface area contributed by atoms with Crippen LogP contribution in [0.2, 0.25) is 57.4 Å². The van der Waals surface area contributed by atoms with Gasteiger partial charge in [-0.05, 0) is 57.4 Å². The van der Waals surface area contributed by atoms with Crippen molar-refractivity contribution in [2.75, 3.05) is 0 Å². The Bertz CT molecular complexity index is 324. The van der Waals surface area contributed by atoms with E-state index >= 15 is 0 Å². The van der Waals surface area contributed by atoms with E-state index in [1.807, 2.05) is 18.2 Å². The third-order valence-electron chi connectivity index (χ3n) is 3.15. The standard InChI is InChI=1S/C15H34O3Si4/c1-10-13-20(4,5)16-19(17-21(6,7)14-11-2)18-22(8,9)15-12-3/h10-12,19H,1-3,13-15H2,4-9H3. The Morgan fingerprint density at radius 2 is 0.864 bits per heavy atom. The van der Waals surface area contributed by atoms with Crippen LogP contribution in [0.3, 0.4) is 0 Å². The molecule has 0 aliphatic carbocycles. The summed E-state index contributed by atoms with van der Waals surface area (Å²) in [5.41, 5.74) is 0. The zero-order chi connectivity index (χ0) is 17.4. The van der Waals surface area contributed by atoms with E-state index in [4.69, 9.17) is 12.3 Å². The summed E-state index contributed by atoms with van der Waals surface area (Å²) in [6.45, 7) is 24.7. The lowest BCUT2D eigenvalue weighted by molar-refractivity contribution is 0.297. The summed E-state index contributed by atoms with van der Waals surface area (Å²) in [5, 5.41) is 0. The van der Waals surface area contributed by atoms with Crippen molar-refractivity contribution in [2.45, 2.75) is 57.4 Å². The highest BCUT2D eigenvalue weighted by Crippen LogP contribution is 2.22. The van der Waals surface area contributed by atoms with E-state index in [0.29, 0.717) is 0 Å². The van der Waals surface area contributed by atoms with Gasteiger partial charge < -0.3 is 12.3 Å². The second kappa shape index (κ2) is 9.31. The highest BCUT2D eigenvalue weighted by Gasteiger charge is 2.37. The van der Waals surface area contributed by atoms with Crippen molar-refractivity contribution in [1.29, 1.82) is 0 Å². The van der Waals surface area contributed by atoms with Crippen LogP contribution in [0.25, 0.3) is 0 Å². The van der Waals surface area contributed by atoms with Gasteiger partial charge in [0.25, 0.3) is 0 Å². The van der Waals surface area contributed by atoms with Crippen LogP contribution in [0.1, 0.15) is 0 Å². The minimum absolute atomic E-state index is 0.913. The van der Waals surface area contributed by atoms with Gasteiger partial charge in [0.05, 0.1) is 0 Å². The maximum Gasteiger partial charge on any atom is 0.452 e. The Kier molecular flexibility index (Phi) is 9.30. The summed E-state index contributed by atoms with van der Waals surface area (Å²) in [7, 11) is -7.64. The number of rotatable bonds is 12. The molecule has 0 saturated heterocycles. The number of hydrogen-bond acceptors (Lipinski definition) is 3. The largest absolute Gasteiger partial charge is 0.452 e. The molecular formula is C15H34O3Si4. The van der Waals surface area contributed by atoms with E-state index in [1.54, 1.807) is 0 Å². The monoisotopic (exact) mass is 374 g/mol. The van der Waals surface area contributed by atoms with Gasteiger partial charge in [0.2, 0.25) is 0 Å². The molecule has 0 aliphatic rings. The van der Waals surface area contributed by atoms with Gasteiger partial charge in [-0.25, -0.2) is 0 Å². The fraction of sp³-hybridized carbons (Fsp3) is 0.600. The van der Waals surface area contributed by atoms with Crippen LogP contribution in [-0.2, 0) is 12.3 Å². The lowest BCUT2D eigenvalue weighted by atomic mass is 10.8. The molecule has 0 fully saturated rings. The Morgan fingerprint density at radius 1 is 0.636 bits per heavy atom. The summed E-state index contributed by atoms with van der Waals surface area (Å²) < 4.78 is 19.2. The van der Waals surface area contributed by atoms with Crippen LogP contribution in [0.5, 0.6) is 0 Å². The molecule has 22 heavy (non-hydrogen) atoms. The van der Waals surface area contributed by atoms with Crippen LogP contribution in [-0.4, -0.2) is 34.5 Å². The van der Waals surface area contributed by atoms with Gasteiger partial charge in [0, 0.05) is 0 Å². The van der Waals surface area contributed by atoms with Gasteiger partial charge in [0.1, 0.15) is 0 Å². The summed E-state index contributed by atoms with van der Waals surface area (Å²) >= 11 is 0. The molecule has 0 aliphatic heterocycles. The molecule has 0 saturated carbocycles. The van der Waals surface area contributed by atoms with Crippen molar-refractivity contribution in [1.82, 2.24) is 0 Å². The van der Waals surface area contributed by atoms with Crippen LogP contribution < -0.4 is 0 Å². The molecule has 0 heterocycles. The first kappa shape index (κ1) is 22.0. The normalized spacial score (nSPS) is 13.2. The smallest absolute Gasteiger partial charge is 0.419 e. The quantitative estimate of drug-likeness (QED) is 0.358. The summed E-state index contributed by atoms with van der Waals surface area (Å²) in [4.78, 5) is 0. The zero-order valence-corrected chi connectivity index (χ0v) is 19.4. The van der Waals surface area contributed by atoms with E-state index in [0.717, 1.165) is 18.1 Å². The van der Waals surface area contributed by atoms with E-state index in [9.17, 15) is 0 Å². The molecule has 128 valence electrons. The van der Waals surface area contributed by atoms with Gasteiger partial charge in [-0.2, -0.15) is 0 Å². The molecule has 0 aromatic carbocycles. The van der Waals surface area contributed by atoms with Crippen molar-refractivity contribution in [2.24, 2.45) is 0 Å². The predicted octanol–water partition coefficient (Wildman–Crippen LogP) is 4.93. The number of hydrogen-bond donors (Lipinski definition) is 0. The predicted molar refractivity (Wildman–Crippen MR) is 108 cm³/mol. The second-order valence-electron chi connectivity index (χ2n) is 7.40. The molecule has 0 aromatic heterocycles. The zero-order valence-electron chi connectivity index (χ0n) is 15.3. The van der Waals surface area contributed by atoms with Crippen molar-refractivity contribution in [3.05, 3.63) is 38.0 Å². The van der Waals surface area contributed by atoms with Gasteiger partial charge in [-0.15, -0.1) is 19.7 Å². The van der Waals surface area contributed by atoms with Crippen LogP contribution in [0.15, 0.2) is 38.0 Å². The van der Waals surface area contributed by atoms with Gasteiger partial charge in [0.15, 0.2) is 25.0 Å². The van der Waals surface area contributed by atoms with Crippen molar-refractivity contribution >= 4 is 34.5 Å². The van der Waals surface area contributed by atoms with E-state index < -0.39 is 34.5 Å². The molecule has 0 aromatic rings. The fourth-order valence-corrected chi connectivity index (χ4v) is 13.4. The minimum Gasteiger partial charge on any atom is -0.419 e. The molecule has 0 unspecified atom stereocenters.